The Hall–Kier alpha value is -4.64. The average molecular weight is 563 g/mol. The van der Waals surface area contributed by atoms with Crippen LogP contribution in [0.2, 0.25) is 0 Å². The second kappa shape index (κ2) is 11.8. The highest BCUT2D eigenvalue weighted by Crippen LogP contribution is 2.43. The minimum atomic E-state index is -0.731. The monoisotopic (exact) mass is 562 g/mol. The molecule has 2 aliphatic heterocycles. The van der Waals surface area contributed by atoms with Crippen LogP contribution < -0.4 is 19.1 Å². The lowest BCUT2D eigenvalue weighted by Crippen LogP contribution is -2.46. The molecule has 11 heteroatoms. The van der Waals surface area contributed by atoms with E-state index in [1.165, 1.54) is 26.4 Å². The third-order valence-electron chi connectivity index (χ3n) is 7.31. The summed E-state index contributed by atoms with van der Waals surface area (Å²) in [5.74, 6) is -0.0157. The zero-order valence-corrected chi connectivity index (χ0v) is 23.0. The van der Waals surface area contributed by atoms with Crippen molar-refractivity contribution in [3.8, 4) is 17.2 Å². The van der Waals surface area contributed by atoms with Crippen molar-refractivity contribution in [3.05, 3.63) is 87.0 Å². The highest BCUT2D eigenvalue weighted by atomic mass is 16.7. The van der Waals surface area contributed by atoms with E-state index in [2.05, 4.69) is 0 Å². The van der Waals surface area contributed by atoms with Crippen LogP contribution in [0, 0.1) is 23.0 Å². The molecule has 0 aromatic heterocycles. The summed E-state index contributed by atoms with van der Waals surface area (Å²) >= 11 is 0. The number of esters is 1. The molecule has 0 spiro atoms. The van der Waals surface area contributed by atoms with E-state index in [0.29, 0.717) is 39.6 Å². The predicted molar refractivity (Wildman–Crippen MR) is 147 cm³/mol. The second-order valence-corrected chi connectivity index (χ2v) is 9.87. The summed E-state index contributed by atoms with van der Waals surface area (Å²) in [5.41, 5.74) is 3.08. The molecule has 0 aliphatic carbocycles. The number of carbonyl (C=O) groups is 2. The van der Waals surface area contributed by atoms with Crippen molar-refractivity contribution in [3.63, 3.8) is 0 Å². The van der Waals surface area contributed by atoms with Crippen molar-refractivity contribution in [2.45, 2.75) is 39.0 Å². The van der Waals surface area contributed by atoms with Gasteiger partial charge in [0, 0.05) is 35.4 Å². The van der Waals surface area contributed by atoms with Gasteiger partial charge in [0.2, 0.25) is 5.91 Å². The van der Waals surface area contributed by atoms with Crippen molar-refractivity contribution in [2.24, 2.45) is 5.92 Å². The SMILES string of the molecule is COc1ccc(C2C(C(=O)OCc3cc([N+](=O)[O-])cc4c3OCOC4)CCC(=O)N2c2ccc(C)cc2)cc1OC. The molecule has 3 aromatic rings. The van der Waals surface area contributed by atoms with Crippen molar-refractivity contribution < 1.29 is 38.2 Å². The van der Waals surface area contributed by atoms with Gasteiger partial charge in [-0.25, -0.2) is 0 Å². The third kappa shape index (κ3) is 5.66. The second-order valence-electron chi connectivity index (χ2n) is 9.87. The molecule has 214 valence electrons. The van der Waals surface area contributed by atoms with E-state index in [0.717, 1.165) is 5.56 Å². The predicted octanol–water partition coefficient (Wildman–Crippen LogP) is 5.01. The van der Waals surface area contributed by atoms with E-state index < -0.39 is 22.9 Å². The quantitative estimate of drug-likeness (QED) is 0.211. The third-order valence-corrected chi connectivity index (χ3v) is 7.31. The normalized spacial score (nSPS) is 18.2. The van der Waals surface area contributed by atoms with E-state index >= 15 is 0 Å². The maximum atomic E-state index is 13.7. The Morgan fingerprint density at radius 1 is 1.07 bits per heavy atom. The van der Waals surface area contributed by atoms with Crippen molar-refractivity contribution >= 4 is 23.3 Å². The van der Waals surface area contributed by atoms with Gasteiger partial charge in [-0.1, -0.05) is 23.8 Å². The first-order valence-corrected chi connectivity index (χ1v) is 13.1. The van der Waals surface area contributed by atoms with Gasteiger partial charge in [0.25, 0.3) is 5.69 Å². The molecule has 0 saturated carbocycles. The molecule has 2 heterocycles. The first-order chi connectivity index (χ1) is 19.8. The minimum absolute atomic E-state index is 0.0105. The first-order valence-electron chi connectivity index (χ1n) is 13.1. The molecule has 5 rings (SSSR count). The van der Waals surface area contributed by atoms with Crippen LogP contribution in [0.3, 0.4) is 0 Å². The molecule has 41 heavy (non-hydrogen) atoms. The number of carbonyl (C=O) groups excluding carboxylic acids is 2. The molecule has 0 radical (unpaired) electrons. The number of non-ortho nitro benzene ring substituents is 1. The van der Waals surface area contributed by atoms with Gasteiger partial charge in [0.05, 0.1) is 37.7 Å². The summed E-state index contributed by atoms with van der Waals surface area (Å²) < 4.78 is 27.5. The molecule has 1 saturated heterocycles. The highest BCUT2D eigenvalue weighted by molar-refractivity contribution is 5.97. The maximum absolute atomic E-state index is 13.7. The van der Waals surface area contributed by atoms with Gasteiger partial charge in [0.15, 0.2) is 18.3 Å². The molecule has 2 atom stereocenters. The van der Waals surface area contributed by atoms with Crippen LogP contribution in [0.25, 0.3) is 0 Å². The van der Waals surface area contributed by atoms with E-state index in [9.17, 15) is 19.7 Å². The number of aryl methyl sites for hydroxylation is 1. The fraction of sp³-hybridized carbons (Fsp3) is 0.333. The number of anilines is 1. The number of hydrogen-bond donors (Lipinski definition) is 0. The molecule has 0 N–H and O–H groups in total. The van der Waals surface area contributed by atoms with Crippen molar-refractivity contribution in [1.82, 2.24) is 0 Å². The molecule has 3 aromatic carbocycles. The van der Waals surface area contributed by atoms with Crippen molar-refractivity contribution in [2.75, 3.05) is 25.9 Å². The van der Waals surface area contributed by atoms with Crippen LogP contribution >= 0.6 is 0 Å². The van der Waals surface area contributed by atoms with Crippen LogP contribution in [0.1, 0.15) is 41.1 Å². The van der Waals surface area contributed by atoms with Crippen molar-refractivity contribution in [1.29, 1.82) is 0 Å². The Morgan fingerprint density at radius 3 is 2.54 bits per heavy atom. The summed E-state index contributed by atoms with van der Waals surface area (Å²) in [4.78, 5) is 39.7. The topological polar surface area (TPSA) is 127 Å². The standard InChI is InChI=1S/C30H30N2O9/c1-18-4-7-22(8-5-18)31-27(33)11-9-24(28(31)19-6-10-25(37-2)26(14-19)38-3)30(34)40-16-21-13-23(32(35)36)12-20-15-39-17-41-29(20)21/h4-8,10,12-14,24,28H,9,11,15-17H2,1-3H3. The van der Waals surface area contributed by atoms with Gasteiger partial charge in [-0.3, -0.25) is 19.7 Å². The number of amides is 1. The number of hydrogen-bond acceptors (Lipinski definition) is 9. The Labute approximate surface area is 236 Å². The summed E-state index contributed by atoms with van der Waals surface area (Å²) in [6, 6.07) is 14.8. The first kappa shape index (κ1) is 27.9. The minimum Gasteiger partial charge on any atom is -0.493 e. The smallest absolute Gasteiger partial charge is 0.311 e. The fourth-order valence-corrected chi connectivity index (χ4v) is 5.32. The summed E-state index contributed by atoms with van der Waals surface area (Å²) in [5, 5.41) is 11.5. The van der Waals surface area contributed by atoms with Gasteiger partial charge in [-0.05, 0) is 43.2 Å². The summed E-state index contributed by atoms with van der Waals surface area (Å²) in [6.45, 7) is 1.85. The van der Waals surface area contributed by atoms with Crippen LogP contribution in [-0.2, 0) is 32.3 Å². The van der Waals surface area contributed by atoms with Crippen LogP contribution in [-0.4, -0.2) is 37.8 Å². The lowest BCUT2D eigenvalue weighted by atomic mass is 9.83. The maximum Gasteiger partial charge on any atom is 0.311 e. The molecular weight excluding hydrogens is 532 g/mol. The number of piperidine rings is 1. The van der Waals surface area contributed by atoms with E-state index in [4.69, 9.17) is 23.7 Å². The molecule has 11 nitrogen and oxygen atoms in total. The van der Waals surface area contributed by atoms with Gasteiger partial charge >= 0.3 is 5.97 Å². The van der Waals surface area contributed by atoms with E-state index in [-0.39, 0.29) is 44.4 Å². The number of fused-ring (bicyclic) bond motifs is 1. The van der Waals surface area contributed by atoms with Crippen LogP contribution in [0.4, 0.5) is 11.4 Å². The molecule has 2 aliphatic rings. The highest BCUT2D eigenvalue weighted by Gasteiger charge is 2.43. The molecular formula is C30H30N2O9. The number of benzene rings is 3. The van der Waals surface area contributed by atoms with Gasteiger partial charge in [-0.15, -0.1) is 0 Å². The lowest BCUT2D eigenvalue weighted by Gasteiger charge is -2.40. The Bertz CT molecular complexity index is 1470. The summed E-state index contributed by atoms with van der Waals surface area (Å²) in [7, 11) is 3.05. The van der Waals surface area contributed by atoms with Crippen LogP contribution in [0.15, 0.2) is 54.6 Å². The Morgan fingerprint density at radius 2 is 1.83 bits per heavy atom. The molecule has 1 amide bonds. The summed E-state index contributed by atoms with van der Waals surface area (Å²) in [6.07, 6.45) is 0.403. The molecule has 1 fully saturated rings. The Kier molecular flexibility index (Phi) is 8.06. The zero-order valence-electron chi connectivity index (χ0n) is 23.0. The zero-order chi connectivity index (χ0) is 29.1. The lowest BCUT2D eigenvalue weighted by molar-refractivity contribution is -0.385. The number of ether oxygens (including phenoxy) is 5. The van der Waals surface area contributed by atoms with Gasteiger partial charge in [0.1, 0.15) is 12.4 Å². The van der Waals surface area contributed by atoms with Crippen LogP contribution in [0.5, 0.6) is 17.2 Å². The molecule has 2 unspecified atom stereocenters. The number of nitro groups is 1. The average Bonchev–Trinajstić information content (AvgIpc) is 2.99. The number of methoxy groups -OCH3 is 2. The Balaban J connectivity index is 1.50. The fourth-order valence-electron chi connectivity index (χ4n) is 5.32. The van der Waals surface area contributed by atoms with E-state index in [1.807, 2.05) is 31.2 Å². The van der Waals surface area contributed by atoms with Gasteiger partial charge < -0.3 is 28.6 Å². The largest absolute Gasteiger partial charge is 0.493 e. The van der Waals surface area contributed by atoms with E-state index in [1.54, 1.807) is 23.1 Å². The van der Waals surface area contributed by atoms with Gasteiger partial charge in [-0.2, -0.15) is 0 Å². The number of rotatable bonds is 8. The number of nitro benzene ring substituents is 1. The number of nitrogens with zero attached hydrogens (tertiary/aromatic N) is 2. The molecule has 0 bridgehead atoms.